The number of carbonyl (C=O) groups is 2. The fourth-order valence-electron chi connectivity index (χ4n) is 6.60. The first-order valence-electron chi connectivity index (χ1n) is 17.0. The van der Waals surface area contributed by atoms with Crippen molar-refractivity contribution >= 4 is 11.8 Å². The lowest BCUT2D eigenvalue weighted by molar-refractivity contribution is -0.302. The predicted octanol–water partition coefficient (Wildman–Crippen LogP) is 1.24. The van der Waals surface area contributed by atoms with Crippen LogP contribution in [0.25, 0.3) is 0 Å². The van der Waals surface area contributed by atoms with Crippen molar-refractivity contribution in [3.05, 3.63) is 36.5 Å². The van der Waals surface area contributed by atoms with Crippen LogP contribution in [0.15, 0.2) is 36.5 Å². The van der Waals surface area contributed by atoms with Gasteiger partial charge in [-0.25, -0.2) is 4.79 Å². The highest BCUT2D eigenvalue weighted by molar-refractivity contribution is 5.91. The average Bonchev–Trinajstić information content (AvgIpc) is 3.03. The van der Waals surface area contributed by atoms with Crippen LogP contribution in [0.5, 0.6) is 0 Å². The van der Waals surface area contributed by atoms with Crippen LogP contribution < -0.4 is 0 Å². The Labute approximate surface area is 284 Å². The van der Waals surface area contributed by atoms with Gasteiger partial charge in [0.15, 0.2) is 18.4 Å². The molecule has 13 heteroatoms. The van der Waals surface area contributed by atoms with E-state index < -0.39 is 79.4 Å². The molecule has 0 radical (unpaired) electrons. The van der Waals surface area contributed by atoms with Gasteiger partial charge in [-0.05, 0) is 65.3 Å². The summed E-state index contributed by atoms with van der Waals surface area (Å²) in [5.41, 5.74) is -1.94. The number of hydrogen-bond donors (Lipinski definition) is 5. The first-order chi connectivity index (χ1) is 22.5. The molecule has 48 heavy (non-hydrogen) atoms. The Morgan fingerprint density at radius 1 is 0.896 bits per heavy atom. The highest BCUT2D eigenvalue weighted by Crippen LogP contribution is 2.32. The van der Waals surface area contributed by atoms with Gasteiger partial charge in [-0.2, -0.15) is 0 Å². The normalized spacial score (nSPS) is 45.8. The Morgan fingerprint density at radius 3 is 2.23 bits per heavy atom. The minimum absolute atomic E-state index is 0.144. The van der Waals surface area contributed by atoms with E-state index in [2.05, 4.69) is 0 Å². The predicted molar refractivity (Wildman–Crippen MR) is 175 cm³/mol. The topological polar surface area (TPSA) is 185 Å². The summed E-state index contributed by atoms with van der Waals surface area (Å²) >= 11 is 0. The van der Waals surface area contributed by atoms with Crippen LogP contribution in [0.3, 0.4) is 0 Å². The number of aliphatic hydroxyl groups excluding tert-OH is 4. The molecule has 0 saturated carbocycles. The number of likely N-dealkylation sites (N-methyl/N-ethyl adjacent to an activating group) is 1. The number of hydrogen-bond acceptors (Lipinski definition) is 13. The molecule has 3 aliphatic rings. The van der Waals surface area contributed by atoms with Gasteiger partial charge in [0, 0.05) is 24.0 Å². The van der Waals surface area contributed by atoms with Gasteiger partial charge in [0.1, 0.15) is 36.1 Å². The van der Waals surface area contributed by atoms with Crippen molar-refractivity contribution in [2.24, 2.45) is 17.8 Å². The van der Waals surface area contributed by atoms with E-state index >= 15 is 0 Å². The smallest absolute Gasteiger partial charge is 0.330 e. The fourth-order valence-corrected chi connectivity index (χ4v) is 6.60. The molecule has 274 valence electrons. The van der Waals surface area contributed by atoms with Crippen molar-refractivity contribution in [1.82, 2.24) is 4.90 Å². The molecule has 15 atom stereocenters. The van der Waals surface area contributed by atoms with Crippen molar-refractivity contribution in [1.29, 1.82) is 0 Å². The van der Waals surface area contributed by atoms with E-state index in [1.165, 1.54) is 37.3 Å². The zero-order valence-electron chi connectivity index (χ0n) is 29.4. The molecule has 2 saturated heterocycles. The molecule has 3 rings (SSSR count). The molecule has 5 N–H and O–H groups in total. The Bertz CT molecular complexity index is 1140. The van der Waals surface area contributed by atoms with E-state index in [-0.39, 0.29) is 36.2 Å². The van der Waals surface area contributed by atoms with Gasteiger partial charge >= 0.3 is 5.97 Å². The zero-order chi connectivity index (χ0) is 35.9. The highest BCUT2D eigenvalue weighted by atomic mass is 16.7. The molecule has 0 amide bonds. The summed E-state index contributed by atoms with van der Waals surface area (Å²) in [5, 5.41) is 53.5. The molecular formula is C35H57NO12. The second-order valence-electron chi connectivity index (χ2n) is 13.9. The largest absolute Gasteiger partial charge is 0.456 e. The molecule has 3 aliphatic heterocycles. The van der Waals surface area contributed by atoms with Crippen molar-refractivity contribution in [2.45, 2.75) is 134 Å². The van der Waals surface area contributed by atoms with Crippen LogP contribution in [-0.4, -0.2) is 136 Å². The van der Waals surface area contributed by atoms with Crippen LogP contribution in [0.4, 0.5) is 0 Å². The Balaban J connectivity index is 1.88. The average molecular weight is 684 g/mol. The van der Waals surface area contributed by atoms with Gasteiger partial charge in [-0.3, -0.25) is 4.79 Å². The lowest BCUT2D eigenvalue weighted by atomic mass is 9.84. The zero-order valence-corrected chi connectivity index (χ0v) is 29.4. The molecule has 3 heterocycles. The van der Waals surface area contributed by atoms with Crippen LogP contribution in [-0.2, 0) is 33.3 Å². The SMILES string of the molecule is CC[C@@H]1OC(=O)/C=C/[C@H](C)[C@H](O[C@@H]2O[C@H](C)C[C@@H](N(C)C)[C@@H]2O)[C@H](C)C[C@@H](C)C(=O)/C=C/C=C/[C@@]1(O)CO[C@@H]1O[C@@H](C)[C@@H](O)[C@@H](O)[C@@H]1O. The molecule has 0 aromatic rings. The lowest BCUT2D eigenvalue weighted by Gasteiger charge is -2.43. The number of nitrogens with zero attached hydrogens (tertiary/aromatic N) is 1. The van der Waals surface area contributed by atoms with E-state index in [1.807, 2.05) is 46.7 Å². The third-order valence-electron chi connectivity index (χ3n) is 9.62. The van der Waals surface area contributed by atoms with Gasteiger partial charge in [0.05, 0.1) is 24.9 Å². The van der Waals surface area contributed by atoms with Gasteiger partial charge in [0.25, 0.3) is 0 Å². The molecule has 0 aromatic heterocycles. The molecule has 0 unspecified atom stereocenters. The number of ketones is 1. The molecule has 13 nitrogen and oxygen atoms in total. The van der Waals surface area contributed by atoms with Crippen LogP contribution in [0.1, 0.15) is 60.8 Å². The maximum atomic E-state index is 13.2. The fraction of sp³-hybridized carbons (Fsp3) is 0.771. The summed E-state index contributed by atoms with van der Waals surface area (Å²) in [6.45, 7) is 10.3. The van der Waals surface area contributed by atoms with E-state index in [4.69, 9.17) is 23.7 Å². The summed E-state index contributed by atoms with van der Waals surface area (Å²) in [4.78, 5) is 28.2. The van der Waals surface area contributed by atoms with Gasteiger partial charge < -0.3 is 54.1 Å². The van der Waals surface area contributed by atoms with Crippen LogP contribution >= 0.6 is 0 Å². The van der Waals surface area contributed by atoms with Gasteiger partial charge in [0.2, 0.25) is 0 Å². The summed E-state index contributed by atoms with van der Waals surface area (Å²) in [5.74, 6) is -1.81. The lowest BCUT2D eigenvalue weighted by Crippen LogP contribution is -2.58. The summed E-state index contributed by atoms with van der Waals surface area (Å²) in [7, 11) is 3.79. The summed E-state index contributed by atoms with van der Waals surface area (Å²) in [6.07, 6.45) is -0.557. The van der Waals surface area contributed by atoms with Gasteiger partial charge in [-0.15, -0.1) is 0 Å². The van der Waals surface area contributed by atoms with Crippen molar-refractivity contribution in [2.75, 3.05) is 20.7 Å². The Morgan fingerprint density at radius 2 is 1.58 bits per heavy atom. The van der Waals surface area contributed by atoms with E-state index in [0.29, 0.717) is 12.8 Å². The monoisotopic (exact) mass is 683 g/mol. The summed E-state index contributed by atoms with van der Waals surface area (Å²) < 4.78 is 29.4. The first kappa shape index (κ1) is 40.4. The van der Waals surface area contributed by atoms with Crippen molar-refractivity contribution < 1.29 is 58.8 Å². The second kappa shape index (κ2) is 17.8. The maximum Gasteiger partial charge on any atom is 0.330 e. The van der Waals surface area contributed by atoms with Crippen molar-refractivity contribution in [3.8, 4) is 0 Å². The minimum atomic E-state index is -1.94. The first-order valence-corrected chi connectivity index (χ1v) is 17.0. The van der Waals surface area contributed by atoms with E-state index in [9.17, 15) is 35.1 Å². The number of ether oxygens (including phenoxy) is 5. The number of allylic oxidation sites excluding steroid dienone is 3. The number of carbonyl (C=O) groups excluding carboxylic acids is 2. The van der Waals surface area contributed by atoms with E-state index in [0.717, 1.165) is 0 Å². The molecule has 0 aliphatic carbocycles. The molecule has 0 spiro atoms. The number of esters is 1. The number of cyclic esters (lactones) is 1. The molecular weight excluding hydrogens is 626 g/mol. The highest BCUT2D eigenvalue weighted by Gasteiger charge is 2.45. The third kappa shape index (κ3) is 10.3. The van der Waals surface area contributed by atoms with E-state index in [1.54, 1.807) is 13.0 Å². The number of rotatable bonds is 7. The molecule has 0 bridgehead atoms. The third-order valence-corrected chi connectivity index (χ3v) is 9.62. The second-order valence-corrected chi connectivity index (χ2v) is 13.9. The summed E-state index contributed by atoms with van der Waals surface area (Å²) in [6, 6.07) is -0.179. The molecule has 2 fully saturated rings. The number of aliphatic hydroxyl groups is 5. The quantitative estimate of drug-likeness (QED) is 0.242. The van der Waals surface area contributed by atoms with Crippen LogP contribution in [0.2, 0.25) is 0 Å². The Kier molecular flexibility index (Phi) is 14.9. The maximum absolute atomic E-state index is 13.2. The van der Waals surface area contributed by atoms with Crippen molar-refractivity contribution in [3.63, 3.8) is 0 Å². The van der Waals surface area contributed by atoms with Crippen LogP contribution in [0, 0.1) is 17.8 Å². The Hall–Kier alpha value is -2.04. The standard InChI is InChI=1S/C35H57NO12/c1-9-26-35(43,18-44-33-31(42)30(41)28(39)23(6)46-33)15-11-10-12-25(37)20(3)16-21(4)32(19(2)13-14-27(38)47-26)48-34-29(40)24(36(7)8)17-22(5)45-34/h10-15,19-24,26,28-34,39-43H,9,16-18H2,1-8H3/b12-10+,14-13+,15-11+/t19-,20+,21+,22+,23-,24+,26-,28+,29-,30+,31-,32-,33+,34-,35+/m0/s1. The minimum Gasteiger partial charge on any atom is -0.456 e. The molecule has 0 aromatic carbocycles. The van der Waals surface area contributed by atoms with Gasteiger partial charge in [-0.1, -0.05) is 45.9 Å².